The molecule has 2 aromatic rings. The molecule has 2 aromatic carbocycles. The largest absolute Gasteiger partial charge is 0.371 e. The zero-order valence-electron chi connectivity index (χ0n) is 17.2. The molecule has 1 amide bonds. The summed E-state index contributed by atoms with van der Waals surface area (Å²) in [6.45, 7) is 2.88. The zero-order valence-corrected chi connectivity index (χ0v) is 18.8. The molecule has 0 aliphatic carbocycles. The molecular weight excluding hydrogens is 396 g/mol. The van der Waals surface area contributed by atoms with Crippen LogP contribution in [-0.4, -0.2) is 42.4 Å². The van der Waals surface area contributed by atoms with Crippen LogP contribution in [0.4, 0.5) is 5.69 Å². The first-order valence-corrected chi connectivity index (χ1v) is 12.7. The monoisotopic (exact) mass is 426 g/mol. The Morgan fingerprint density at radius 3 is 2.38 bits per heavy atom. The maximum atomic E-state index is 13.0. The van der Waals surface area contributed by atoms with E-state index in [2.05, 4.69) is 41.3 Å². The predicted octanol–water partition coefficient (Wildman–Crippen LogP) is 5.82. The third-order valence-electron chi connectivity index (χ3n) is 5.70. The maximum Gasteiger partial charge on any atom is 0.253 e. The Kier molecular flexibility index (Phi) is 7.09. The van der Waals surface area contributed by atoms with E-state index in [0.29, 0.717) is 11.1 Å². The number of amides is 1. The number of piperidine rings is 1. The van der Waals surface area contributed by atoms with Crippen molar-refractivity contribution in [2.75, 3.05) is 36.5 Å². The van der Waals surface area contributed by atoms with Crippen LogP contribution in [0.1, 0.15) is 51.8 Å². The van der Waals surface area contributed by atoms with Crippen LogP contribution in [0.15, 0.2) is 48.5 Å². The average Bonchev–Trinajstić information content (AvgIpc) is 2.80. The maximum absolute atomic E-state index is 13.0. The van der Waals surface area contributed by atoms with Crippen LogP contribution >= 0.6 is 23.5 Å². The summed E-state index contributed by atoms with van der Waals surface area (Å²) in [5.41, 5.74) is 4.62. The number of anilines is 1. The van der Waals surface area contributed by atoms with Crippen LogP contribution in [0.2, 0.25) is 0 Å². The number of hydrogen-bond donors (Lipinski definition) is 0. The molecule has 154 valence electrons. The number of para-hydroxylation sites is 1. The number of hydrogen-bond acceptors (Lipinski definition) is 4. The number of rotatable bonds is 5. The van der Waals surface area contributed by atoms with Crippen molar-refractivity contribution in [2.24, 2.45) is 0 Å². The van der Waals surface area contributed by atoms with Gasteiger partial charge in [-0.2, -0.15) is 0 Å². The molecule has 2 heterocycles. The lowest BCUT2D eigenvalue weighted by Gasteiger charge is -2.31. The first-order valence-electron chi connectivity index (χ1n) is 10.6. The second-order valence-corrected chi connectivity index (χ2v) is 10.6. The molecule has 2 fully saturated rings. The van der Waals surface area contributed by atoms with Gasteiger partial charge in [-0.15, -0.1) is 23.5 Å². The van der Waals surface area contributed by atoms with E-state index in [1.165, 1.54) is 54.0 Å². The van der Waals surface area contributed by atoms with E-state index < -0.39 is 0 Å². The van der Waals surface area contributed by atoms with Crippen LogP contribution in [0.5, 0.6) is 0 Å². The molecule has 5 heteroatoms. The molecule has 0 aromatic heterocycles. The average molecular weight is 427 g/mol. The number of benzene rings is 2. The fourth-order valence-electron chi connectivity index (χ4n) is 4.10. The quantitative estimate of drug-likeness (QED) is 0.601. The highest BCUT2D eigenvalue weighted by molar-refractivity contribution is 8.16. The number of carbonyl (C=O) groups is 1. The lowest BCUT2D eigenvalue weighted by molar-refractivity contribution is 0.0785. The summed E-state index contributed by atoms with van der Waals surface area (Å²) in [7, 11) is 1.91. The van der Waals surface area contributed by atoms with Crippen LogP contribution in [0, 0.1) is 0 Å². The molecule has 0 saturated carbocycles. The number of carbonyl (C=O) groups excluding carboxylic acids is 1. The molecule has 4 rings (SSSR count). The van der Waals surface area contributed by atoms with E-state index in [0.717, 1.165) is 18.7 Å². The van der Waals surface area contributed by atoms with Crippen molar-refractivity contribution in [1.29, 1.82) is 0 Å². The highest BCUT2D eigenvalue weighted by atomic mass is 32.2. The Hall–Kier alpha value is -1.59. The smallest absolute Gasteiger partial charge is 0.253 e. The molecule has 2 saturated heterocycles. The molecule has 2 aliphatic heterocycles. The SMILES string of the molecule is CN(Cc1ccccc1N1CCCCC1)C(=O)c1ccc(C2SCCCS2)cc1. The van der Waals surface area contributed by atoms with E-state index in [4.69, 9.17) is 0 Å². The Balaban J connectivity index is 1.43. The van der Waals surface area contributed by atoms with Crippen molar-refractivity contribution in [2.45, 2.75) is 36.8 Å². The molecule has 29 heavy (non-hydrogen) atoms. The van der Waals surface area contributed by atoms with Gasteiger partial charge in [0.1, 0.15) is 0 Å². The van der Waals surface area contributed by atoms with Crippen molar-refractivity contribution >= 4 is 35.1 Å². The Morgan fingerprint density at radius 2 is 1.66 bits per heavy atom. The first-order chi connectivity index (χ1) is 14.2. The van der Waals surface area contributed by atoms with E-state index in [-0.39, 0.29) is 5.91 Å². The fourth-order valence-corrected chi connectivity index (χ4v) is 6.99. The Morgan fingerprint density at radius 1 is 0.966 bits per heavy atom. The van der Waals surface area contributed by atoms with Crippen LogP contribution < -0.4 is 4.90 Å². The normalized spacial score (nSPS) is 17.9. The van der Waals surface area contributed by atoms with E-state index in [1.54, 1.807) is 0 Å². The lowest BCUT2D eigenvalue weighted by atomic mass is 10.1. The minimum absolute atomic E-state index is 0.0916. The van der Waals surface area contributed by atoms with Gasteiger partial charge in [0, 0.05) is 37.9 Å². The van der Waals surface area contributed by atoms with Gasteiger partial charge in [-0.1, -0.05) is 30.3 Å². The van der Waals surface area contributed by atoms with Gasteiger partial charge in [0.25, 0.3) is 5.91 Å². The molecule has 0 N–H and O–H groups in total. The minimum Gasteiger partial charge on any atom is -0.371 e. The third-order valence-corrected chi connectivity index (χ3v) is 8.71. The summed E-state index contributed by atoms with van der Waals surface area (Å²) in [5.74, 6) is 2.56. The van der Waals surface area contributed by atoms with Crippen molar-refractivity contribution in [3.05, 3.63) is 65.2 Å². The highest BCUT2D eigenvalue weighted by Crippen LogP contribution is 2.43. The zero-order chi connectivity index (χ0) is 20.1. The molecule has 0 bridgehead atoms. The summed E-state index contributed by atoms with van der Waals surface area (Å²) in [4.78, 5) is 17.4. The standard InChI is InChI=1S/C24H30N2OS2/c1-25(18-21-8-3-4-9-22(21)26-14-5-2-6-15-26)23(27)19-10-12-20(13-11-19)24-28-16-7-17-29-24/h3-4,8-13,24H,2,5-7,14-18H2,1H3. The van der Waals surface area contributed by atoms with Gasteiger partial charge in [-0.3, -0.25) is 4.79 Å². The minimum atomic E-state index is 0.0916. The van der Waals surface area contributed by atoms with Crippen molar-refractivity contribution in [1.82, 2.24) is 4.90 Å². The van der Waals surface area contributed by atoms with Crippen LogP contribution in [0.25, 0.3) is 0 Å². The summed E-state index contributed by atoms with van der Waals surface area (Å²) >= 11 is 4.03. The Bertz CT molecular complexity index is 812. The molecule has 0 radical (unpaired) electrons. The molecule has 0 unspecified atom stereocenters. The number of thioether (sulfide) groups is 2. The summed E-state index contributed by atoms with van der Waals surface area (Å²) in [5, 5.41) is 0. The topological polar surface area (TPSA) is 23.6 Å². The number of nitrogens with zero attached hydrogens (tertiary/aromatic N) is 2. The molecule has 2 aliphatic rings. The predicted molar refractivity (Wildman–Crippen MR) is 127 cm³/mol. The molecular formula is C24H30N2OS2. The van der Waals surface area contributed by atoms with Crippen LogP contribution in [-0.2, 0) is 6.54 Å². The second kappa shape index (κ2) is 9.94. The van der Waals surface area contributed by atoms with Gasteiger partial charge in [-0.05, 0) is 66.5 Å². The van der Waals surface area contributed by atoms with E-state index in [1.807, 2.05) is 47.6 Å². The van der Waals surface area contributed by atoms with Gasteiger partial charge in [0.2, 0.25) is 0 Å². The van der Waals surface area contributed by atoms with Gasteiger partial charge >= 0.3 is 0 Å². The third kappa shape index (κ3) is 5.13. The van der Waals surface area contributed by atoms with Crippen molar-refractivity contribution < 1.29 is 4.79 Å². The fraction of sp³-hybridized carbons (Fsp3) is 0.458. The summed E-state index contributed by atoms with van der Waals surface area (Å²) < 4.78 is 0.516. The summed E-state index contributed by atoms with van der Waals surface area (Å²) in [6, 6.07) is 16.8. The Labute approximate surface area is 183 Å². The molecule has 3 nitrogen and oxygen atoms in total. The van der Waals surface area contributed by atoms with Gasteiger partial charge in [0.15, 0.2) is 0 Å². The highest BCUT2D eigenvalue weighted by Gasteiger charge is 2.19. The second-order valence-electron chi connectivity index (χ2n) is 7.89. The van der Waals surface area contributed by atoms with E-state index >= 15 is 0 Å². The van der Waals surface area contributed by atoms with Crippen molar-refractivity contribution in [3.8, 4) is 0 Å². The van der Waals surface area contributed by atoms with Crippen LogP contribution in [0.3, 0.4) is 0 Å². The van der Waals surface area contributed by atoms with Crippen molar-refractivity contribution in [3.63, 3.8) is 0 Å². The lowest BCUT2D eigenvalue weighted by Crippen LogP contribution is -2.32. The van der Waals surface area contributed by atoms with E-state index in [9.17, 15) is 4.79 Å². The van der Waals surface area contributed by atoms with Gasteiger partial charge in [0.05, 0.1) is 4.58 Å². The summed E-state index contributed by atoms with van der Waals surface area (Å²) in [6.07, 6.45) is 5.14. The molecule has 0 atom stereocenters. The first kappa shape index (κ1) is 20.7. The van der Waals surface area contributed by atoms with Gasteiger partial charge < -0.3 is 9.80 Å². The van der Waals surface area contributed by atoms with Gasteiger partial charge in [-0.25, -0.2) is 0 Å². The molecule has 0 spiro atoms.